The maximum atomic E-state index is 5.71. The van der Waals surface area contributed by atoms with Crippen LogP contribution in [0.15, 0.2) is 27.8 Å². The molecule has 0 bridgehead atoms. The number of furan rings is 1. The molecule has 0 amide bonds. The van der Waals surface area contributed by atoms with Gasteiger partial charge in [-0.1, -0.05) is 0 Å². The monoisotopic (exact) mass is 514 g/mol. The number of rotatable bonds is 8. The van der Waals surface area contributed by atoms with Crippen LogP contribution in [0.4, 0.5) is 0 Å². The number of aryl methyl sites for hydroxylation is 2. The molecule has 1 atom stereocenters. The number of nitrogens with zero attached hydrogens (tertiary/aromatic N) is 4. The highest BCUT2D eigenvalue weighted by atomic mass is 127. The molecule has 7 nitrogen and oxygen atoms in total. The van der Waals surface area contributed by atoms with Gasteiger partial charge in [0.25, 0.3) is 0 Å². The molecule has 1 aliphatic rings. The number of likely N-dealkylation sites (tertiary alicyclic amines) is 1. The Labute approximate surface area is 191 Å². The number of hydrogen-bond donors (Lipinski definition) is 2. The predicted molar refractivity (Wildman–Crippen MR) is 128 cm³/mol. The third kappa shape index (κ3) is 6.21. The maximum Gasteiger partial charge on any atom is 0.191 e. The van der Waals surface area contributed by atoms with E-state index < -0.39 is 0 Å². The van der Waals surface area contributed by atoms with Gasteiger partial charge in [-0.05, 0) is 70.8 Å². The van der Waals surface area contributed by atoms with Crippen LogP contribution >= 0.6 is 24.0 Å². The zero-order valence-corrected chi connectivity index (χ0v) is 20.4. The molecular weight excluding hydrogens is 479 g/mol. The average molecular weight is 514 g/mol. The number of guanidine groups is 1. The Morgan fingerprint density at radius 2 is 2.03 bits per heavy atom. The van der Waals surface area contributed by atoms with E-state index in [0.717, 1.165) is 50.0 Å². The standard InChI is InChI=1S/C21H34N6O.HI/c1-5-22-21(23-11-10-18-16(2)25-26(4)17(18)3)24-15-19(20-9-8-14-28-20)27-12-6-7-13-27;/h8-9,14,19H,5-7,10-13,15H2,1-4H3,(H2,22,23,24);1H. The van der Waals surface area contributed by atoms with Crippen molar-refractivity contribution < 1.29 is 4.42 Å². The Bertz CT molecular complexity index is 764. The Morgan fingerprint density at radius 1 is 1.28 bits per heavy atom. The molecular formula is C21H35IN6O. The van der Waals surface area contributed by atoms with Crippen LogP contribution in [0, 0.1) is 13.8 Å². The van der Waals surface area contributed by atoms with Gasteiger partial charge >= 0.3 is 0 Å². The van der Waals surface area contributed by atoms with Crippen LogP contribution in [-0.2, 0) is 13.5 Å². The summed E-state index contributed by atoms with van der Waals surface area (Å²) in [6.45, 7) is 10.9. The van der Waals surface area contributed by atoms with Crippen molar-refractivity contribution in [2.75, 3.05) is 32.7 Å². The molecule has 0 aliphatic carbocycles. The van der Waals surface area contributed by atoms with E-state index in [-0.39, 0.29) is 30.0 Å². The second-order valence-electron chi connectivity index (χ2n) is 7.44. The Morgan fingerprint density at radius 3 is 2.62 bits per heavy atom. The van der Waals surface area contributed by atoms with Gasteiger partial charge in [-0.2, -0.15) is 5.10 Å². The van der Waals surface area contributed by atoms with E-state index in [1.54, 1.807) is 6.26 Å². The van der Waals surface area contributed by atoms with Crippen molar-refractivity contribution in [2.45, 2.75) is 46.1 Å². The second-order valence-corrected chi connectivity index (χ2v) is 7.44. The fourth-order valence-electron chi connectivity index (χ4n) is 3.92. The van der Waals surface area contributed by atoms with E-state index >= 15 is 0 Å². The van der Waals surface area contributed by atoms with E-state index in [2.05, 4.69) is 47.5 Å². The summed E-state index contributed by atoms with van der Waals surface area (Å²) in [6.07, 6.45) is 5.19. The Balaban J connectivity index is 0.00000300. The van der Waals surface area contributed by atoms with Crippen LogP contribution in [0.2, 0.25) is 0 Å². The molecule has 2 N–H and O–H groups in total. The first-order chi connectivity index (χ1) is 13.6. The molecule has 0 spiro atoms. The van der Waals surface area contributed by atoms with E-state index in [1.807, 2.05) is 17.8 Å². The van der Waals surface area contributed by atoms with Crippen LogP contribution in [0.25, 0.3) is 0 Å². The van der Waals surface area contributed by atoms with Crippen LogP contribution < -0.4 is 10.6 Å². The largest absolute Gasteiger partial charge is 0.468 e. The van der Waals surface area contributed by atoms with Gasteiger partial charge in [0.1, 0.15) is 5.76 Å². The van der Waals surface area contributed by atoms with Gasteiger partial charge in [-0.15, -0.1) is 24.0 Å². The van der Waals surface area contributed by atoms with Crippen LogP contribution in [0.1, 0.15) is 48.5 Å². The minimum atomic E-state index is 0. The first kappa shape index (κ1) is 23.7. The zero-order chi connectivity index (χ0) is 19.9. The Kier molecular flexibility index (Phi) is 9.48. The molecule has 1 aliphatic heterocycles. The number of nitrogens with one attached hydrogen (secondary N) is 2. The summed E-state index contributed by atoms with van der Waals surface area (Å²) in [5, 5.41) is 11.3. The number of aliphatic imine (C=N–C) groups is 1. The molecule has 1 saturated heterocycles. The smallest absolute Gasteiger partial charge is 0.191 e. The first-order valence-electron chi connectivity index (χ1n) is 10.4. The van der Waals surface area contributed by atoms with Gasteiger partial charge in [-0.25, -0.2) is 0 Å². The molecule has 29 heavy (non-hydrogen) atoms. The van der Waals surface area contributed by atoms with Crippen LogP contribution in [0.5, 0.6) is 0 Å². The molecule has 0 radical (unpaired) electrons. The summed E-state index contributed by atoms with van der Waals surface area (Å²) in [7, 11) is 2.00. The summed E-state index contributed by atoms with van der Waals surface area (Å²) in [6, 6.07) is 4.23. The summed E-state index contributed by atoms with van der Waals surface area (Å²) in [5.41, 5.74) is 3.65. The van der Waals surface area contributed by atoms with Crippen molar-refractivity contribution in [1.82, 2.24) is 25.3 Å². The van der Waals surface area contributed by atoms with Crippen LogP contribution in [0.3, 0.4) is 0 Å². The molecule has 2 aromatic heterocycles. The lowest BCUT2D eigenvalue weighted by Crippen LogP contribution is -2.39. The van der Waals surface area contributed by atoms with Gasteiger partial charge in [0, 0.05) is 25.8 Å². The van der Waals surface area contributed by atoms with Gasteiger partial charge < -0.3 is 15.1 Å². The highest BCUT2D eigenvalue weighted by Gasteiger charge is 2.25. The van der Waals surface area contributed by atoms with E-state index in [4.69, 9.17) is 9.41 Å². The van der Waals surface area contributed by atoms with E-state index in [1.165, 1.54) is 24.1 Å². The number of aromatic nitrogens is 2. The predicted octanol–water partition coefficient (Wildman–Crippen LogP) is 3.18. The molecule has 8 heteroatoms. The van der Waals surface area contributed by atoms with Gasteiger partial charge in [-0.3, -0.25) is 14.6 Å². The summed E-state index contributed by atoms with van der Waals surface area (Å²) < 4.78 is 7.66. The molecule has 0 aromatic carbocycles. The molecule has 3 heterocycles. The van der Waals surface area contributed by atoms with Crippen molar-refractivity contribution in [3.05, 3.63) is 41.1 Å². The molecule has 0 saturated carbocycles. The molecule has 162 valence electrons. The zero-order valence-electron chi connectivity index (χ0n) is 18.1. The topological polar surface area (TPSA) is 70.6 Å². The molecule has 2 aromatic rings. The maximum absolute atomic E-state index is 5.71. The quantitative estimate of drug-likeness (QED) is 0.322. The second kappa shape index (κ2) is 11.6. The van der Waals surface area contributed by atoms with Crippen molar-refractivity contribution in [3.63, 3.8) is 0 Å². The van der Waals surface area contributed by atoms with Crippen molar-refractivity contribution in [2.24, 2.45) is 12.0 Å². The highest BCUT2D eigenvalue weighted by Crippen LogP contribution is 2.25. The Hall–Kier alpha value is -1.55. The van der Waals surface area contributed by atoms with Gasteiger partial charge in [0.15, 0.2) is 5.96 Å². The lowest BCUT2D eigenvalue weighted by atomic mass is 10.1. The molecule has 3 rings (SSSR count). The minimum absolute atomic E-state index is 0. The third-order valence-corrected chi connectivity index (χ3v) is 5.55. The van der Waals surface area contributed by atoms with Crippen molar-refractivity contribution >= 4 is 29.9 Å². The summed E-state index contributed by atoms with van der Waals surface area (Å²) in [5.74, 6) is 1.86. The highest BCUT2D eigenvalue weighted by molar-refractivity contribution is 14.0. The number of hydrogen-bond acceptors (Lipinski definition) is 4. The van der Waals surface area contributed by atoms with E-state index in [9.17, 15) is 0 Å². The molecule has 1 fully saturated rings. The van der Waals surface area contributed by atoms with Crippen molar-refractivity contribution in [3.8, 4) is 0 Å². The molecule has 1 unspecified atom stereocenters. The fraction of sp³-hybridized carbons (Fsp3) is 0.619. The van der Waals surface area contributed by atoms with Crippen molar-refractivity contribution in [1.29, 1.82) is 0 Å². The minimum Gasteiger partial charge on any atom is -0.468 e. The number of halogens is 1. The van der Waals surface area contributed by atoms with E-state index in [0.29, 0.717) is 6.54 Å². The lowest BCUT2D eigenvalue weighted by Gasteiger charge is -2.24. The average Bonchev–Trinajstić information content (AvgIpc) is 3.42. The fourth-order valence-corrected chi connectivity index (χ4v) is 3.92. The van der Waals surface area contributed by atoms with Gasteiger partial charge in [0.2, 0.25) is 0 Å². The first-order valence-corrected chi connectivity index (χ1v) is 10.4. The normalized spacial score (nSPS) is 15.9. The summed E-state index contributed by atoms with van der Waals surface area (Å²) >= 11 is 0. The van der Waals surface area contributed by atoms with Crippen LogP contribution in [-0.4, -0.2) is 53.4 Å². The summed E-state index contributed by atoms with van der Waals surface area (Å²) in [4.78, 5) is 7.35. The third-order valence-electron chi connectivity index (χ3n) is 5.55. The SMILES string of the molecule is CCNC(=NCC(c1ccco1)N1CCCC1)NCCc1c(C)nn(C)c1C.I. The van der Waals surface area contributed by atoms with Gasteiger partial charge in [0.05, 0.1) is 24.5 Å². The lowest BCUT2D eigenvalue weighted by molar-refractivity contribution is 0.221.